The second kappa shape index (κ2) is 8.76. The molecule has 0 saturated heterocycles. The average Bonchev–Trinajstić information content (AvgIpc) is 2.97. The lowest BCUT2D eigenvalue weighted by Crippen LogP contribution is -2.19. The Morgan fingerprint density at radius 3 is 2.71 bits per heavy atom. The van der Waals surface area contributed by atoms with Gasteiger partial charge in [-0.3, -0.25) is 4.79 Å². The average molecular weight is 366 g/mol. The number of amides is 1. The van der Waals surface area contributed by atoms with Crippen molar-refractivity contribution in [2.75, 3.05) is 7.11 Å². The number of hydrogen-bond donors (Lipinski definition) is 1. The number of rotatable bonds is 7. The van der Waals surface area contributed by atoms with E-state index in [1.165, 1.54) is 17.4 Å². The minimum Gasteiger partial charge on any atom is -0.493 e. The van der Waals surface area contributed by atoms with Crippen molar-refractivity contribution < 1.29 is 14.3 Å². The predicted octanol–water partition coefficient (Wildman–Crippen LogP) is 4.53. The minimum absolute atomic E-state index is 0.0665. The molecule has 0 radical (unpaired) electrons. The zero-order valence-electron chi connectivity index (χ0n) is 13.8. The van der Waals surface area contributed by atoms with E-state index < -0.39 is 0 Å². The molecule has 4 nitrogen and oxygen atoms in total. The molecule has 6 heteroatoms. The van der Waals surface area contributed by atoms with Gasteiger partial charge in [-0.15, -0.1) is 11.3 Å². The summed E-state index contributed by atoms with van der Waals surface area (Å²) in [4.78, 5) is 12.9. The molecule has 0 fully saturated rings. The van der Waals surface area contributed by atoms with Crippen LogP contribution in [-0.4, -0.2) is 19.1 Å². The van der Waals surface area contributed by atoms with Crippen LogP contribution in [0.2, 0.25) is 4.34 Å². The highest BCUT2D eigenvalue weighted by atomic mass is 35.5. The standard InChI is InChI=1S/C18H20ClNO3S/c1-12(2)23-15-7-4-13(10-16(15)22-3)5-9-18(21)20-11-14-6-8-17(19)24-14/h4-10,12H,11H2,1-3H3,(H,20,21)/b9-5+. The number of carbonyl (C=O) groups excluding carboxylic acids is 1. The highest BCUT2D eigenvalue weighted by molar-refractivity contribution is 7.16. The second-order valence-corrected chi connectivity index (χ2v) is 7.13. The summed E-state index contributed by atoms with van der Waals surface area (Å²) in [5.41, 5.74) is 0.859. The molecular weight excluding hydrogens is 346 g/mol. The fraction of sp³-hybridized carbons (Fsp3) is 0.278. The Kier molecular flexibility index (Phi) is 6.70. The van der Waals surface area contributed by atoms with Gasteiger partial charge in [0, 0.05) is 11.0 Å². The van der Waals surface area contributed by atoms with Crippen LogP contribution in [0.1, 0.15) is 24.3 Å². The molecule has 0 atom stereocenters. The van der Waals surface area contributed by atoms with Crippen LogP contribution in [0.3, 0.4) is 0 Å². The third kappa shape index (κ3) is 5.58. The van der Waals surface area contributed by atoms with Gasteiger partial charge in [-0.2, -0.15) is 0 Å². The third-order valence-corrected chi connectivity index (χ3v) is 4.27. The van der Waals surface area contributed by atoms with Crippen molar-refractivity contribution in [3.05, 3.63) is 51.2 Å². The van der Waals surface area contributed by atoms with Crippen LogP contribution in [-0.2, 0) is 11.3 Å². The molecule has 2 rings (SSSR count). The Morgan fingerprint density at radius 2 is 2.08 bits per heavy atom. The summed E-state index contributed by atoms with van der Waals surface area (Å²) >= 11 is 7.31. The van der Waals surface area contributed by atoms with Crippen molar-refractivity contribution >= 4 is 34.9 Å². The SMILES string of the molecule is COc1cc(/C=C/C(=O)NCc2ccc(Cl)s2)ccc1OC(C)C. The molecule has 0 spiro atoms. The van der Waals surface area contributed by atoms with E-state index in [1.807, 2.05) is 44.2 Å². The van der Waals surface area contributed by atoms with Crippen LogP contribution in [0.25, 0.3) is 6.08 Å². The molecule has 1 N–H and O–H groups in total. The molecule has 0 aliphatic rings. The van der Waals surface area contributed by atoms with Crippen molar-refractivity contribution in [3.8, 4) is 11.5 Å². The van der Waals surface area contributed by atoms with Gasteiger partial charge in [-0.05, 0) is 49.8 Å². The number of ether oxygens (including phenoxy) is 2. The first-order valence-corrected chi connectivity index (χ1v) is 8.72. The summed E-state index contributed by atoms with van der Waals surface area (Å²) in [6.45, 7) is 4.38. The summed E-state index contributed by atoms with van der Waals surface area (Å²) in [5.74, 6) is 1.16. The first-order valence-electron chi connectivity index (χ1n) is 7.52. The van der Waals surface area contributed by atoms with Crippen molar-refractivity contribution in [2.45, 2.75) is 26.5 Å². The lowest BCUT2D eigenvalue weighted by Gasteiger charge is -2.13. The van der Waals surface area contributed by atoms with Crippen molar-refractivity contribution in [3.63, 3.8) is 0 Å². The Hall–Kier alpha value is -1.98. The molecule has 0 aliphatic carbocycles. The minimum atomic E-state index is -0.166. The Morgan fingerprint density at radius 1 is 1.29 bits per heavy atom. The molecule has 0 aliphatic heterocycles. The predicted molar refractivity (Wildman–Crippen MR) is 99.0 cm³/mol. The third-order valence-electron chi connectivity index (χ3n) is 3.04. The molecular formula is C18H20ClNO3S. The van der Waals surface area contributed by atoms with Gasteiger partial charge in [-0.25, -0.2) is 0 Å². The molecule has 0 saturated carbocycles. The molecule has 1 aromatic heterocycles. The smallest absolute Gasteiger partial charge is 0.244 e. The summed E-state index contributed by atoms with van der Waals surface area (Å²) in [7, 11) is 1.59. The van der Waals surface area contributed by atoms with Crippen molar-refractivity contribution in [1.82, 2.24) is 5.32 Å². The zero-order valence-corrected chi connectivity index (χ0v) is 15.4. The van der Waals surface area contributed by atoms with Gasteiger partial charge in [0.25, 0.3) is 0 Å². The van der Waals surface area contributed by atoms with Crippen LogP contribution >= 0.6 is 22.9 Å². The van der Waals surface area contributed by atoms with Crippen LogP contribution in [0.4, 0.5) is 0 Å². The highest BCUT2D eigenvalue weighted by Gasteiger charge is 2.07. The molecule has 24 heavy (non-hydrogen) atoms. The second-order valence-electron chi connectivity index (χ2n) is 5.33. The molecule has 1 heterocycles. The van der Waals surface area contributed by atoms with E-state index in [4.69, 9.17) is 21.1 Å². The Balaban J connectivity index is 1.96. The highest BCUT2D eigenvalue weighted by Crippen LogP contribution is 2.29. The fourth-order valence-electron chi connectivity index (χ4n) is 1.99. The van der Waals surface area contributed by atoms with E-state index in [0.29, 0.717) is 22.4 Å². The lowest BCUT2D eigenvalue weighted by atomic mass is 10.2. The van der Waals surface area contributed by atoms with Crippen molar-refractivity contribution in [2.24, 2.45) is 0 Å². The van der Waals surface area contributed by atoms with Crippen LogP contribution in [0.15, 0.2) is 36.4 Å². The van der Waals surface area contributed by atoms with E-state index >= 15 is 0 Å². The number of hydrogen-bond acceptors (Lipinski definition) is 4. The number of methoxy groups -OCH3 is 1. The topological polar surface area (TPSA) is 47.6 Å². The summed E-state index contributed by atoms with van der Waals surface area (Å²) in [6.07, 6.45) is 3.29. The fourth-order valence-corrected chi connectivity index (χ4v) is 3.02. The van der Waals surface area contributed by atoms with Gasteiger partial charge >= 0.3 is 0 Å². The summed E-state index contributed by atoms with van der Waals surface area (Å²) in [6, 6.07) is 9.26. The molecule has 1 aromatic carbocycles. The maximum atomic E-state index is 11.9. The largest absolute Gasteiger partial charge is 0.493 e. The maximum absolute atomic E-state index is 11.9. The molecule has 1 amide bonds. The van der Waals surface area contributed by atoms with Crippen LogP contribution in [0.5, 0.6) is 11.5 Å². The van der Waals surface area contributed by atoms with Gasteiger partial charge in [0.1, 0.15) is 0 Å². The quantitative estimate of drug-likeness (QED) is 0.733. The first kappa shape index (κ1) is 18.4. The molecule has 0 bridgehead atoms. The van der Waals surface area contributed by atoms with E-state index in [0.717, 1.165) is 10.4 Å². The van der Waals surface area contributed by atoms with Crippen LogP contribution in [0, 0.1) is 0 Å². The van der Waals surface area contributed by atoms with E-state index in [9.17, 15) is 4.79 Å². The van der Waals surface area contributed by atoms with Crippen LogP contribution < -0.4 is 14.8 Å². The molecule has 0 unspecified atom stereocenters. The lowest BCUT2D eigenvalue weighted by molar-refractivity contribution is -0.116. The maximum Gasteiger partial charge on any atom is 0.244 e. The van der Waals surface area contributed by atoms with Gasteiger partial charge in [0.05, 0.1) is 24.1 Å². The molecule has 128 valence electrons. The van der Waals surface area contributed by atoms with Gasteiger partial charge in [0.15, 0.2) is 11.5 Å². The van der Waals surface area contributed by atoms with Crippen molar-refractivity contribution in [1.29, 1.82) is 0 Å². The zero-order chi connectivity index (χ0) is 17.5. The number of nitrogens with one attached hydrogen (secondary N) is 1. The number of benzene rings is 1. The van der Waals surface area contributed by atoms with E-state index in [-0.39, 0.29) is 12.0 Å². The van der Waals surface area contributed by atoms with E-state index in [2.05, 4.69) is 5.32 Å². The number of thiophene rings is 1. The monoisotopic (exact) mass is 365 g/mol. The summed E-state index contributed by atoms with van der Waals surface area (Å²) in [5, 5.41) is 2.82. The number of halogens is 1. The summed E-state index contributed by atoms with van der Waals surface area (Å²) < 4.78 is 11.7. The number of carbonyl (C=O) groups is 1. The van der Waals surface area contributed by atoms with E-state index in [1.54, 1.807) is 13.2 Å². The molecule has 2 aromatic rings. The first-order chi connectivity index (χ1) is 11.5. The normalized spacial score (nSPS) is 11.0. The Labute approximate surface area is 151 Å². The Bertz CT molecular complexity index is 725. The van der Waals surface area contributed by atoms with Gasteiger partial charge < -0.3 is 14.8 Å². The van der Waals surface area contributed by atoms with Gasteiger partial charge in [-0.1, -0.05) is 17.7 Å². The van der Waals surface area contributed by atoms with Gasteiger partial charge in [0.2, 0.25) is 5.91 Å².